The maximum absolute atomic E-state index is 10.7. The van der Waals surface area contributed by atoms with Crippen LogP contribution < -0.4 is 11.1 Å². The minimum absolute atomic E-state index is 0.0140. The maximum Gasteiger partial charge on any atom is 0.331 e. The van der Waals surface area contributed by atoms with Crippen LogP contribution in [0.1, 0.15) is 0 Å². The van der Waals surface area contributed by atoms with Crippen LogP contribution in [0.4, 0.5) is 11.4 Å². The van der Waals surface area contributed by atoms with Crippen molar-refractivity contribution in [3.63, 3.8) is 0 Å². The van der Waals surface area contributed by atoms with Crippen molar-refractivity contribution in [3.05, 3.63) is 24.3 Å². The number of carbonyl (C=O) groups is 1. The predicted molar refractivity (Wildman–Crippen MR) is 62.2 cm³/mol. The number of ether oxygens (including phenoxy) is 2. The third-order valence-corrected chi connectivity index (χ3v) is 1.93. The van der Waals surface area contributed by atoms with E-state index in [9.17, 15) is 4.79 Å². The second kappa shape index (κ2) is 6.68. The van der Waals surface area contributed by atoms with E-state index in [1.54, 1.807) is 0 Å². The molecule has 0 bridgehead atoms. The van der Waals surface area contributed by atoms with Crippen LogP contribution >= 0.6 is 0 Å². The van der Waals surface area contributed by atoms with E-state index in [-0.39, 0.29) is 12.6 Å². The quantitative estimate of drug-likeness (QED) is 0.426. The first kappa shape index (κ1) is 12.3. The van der Waals surface area contributed by atoms with Gasteiger partial charge in [0.15, 0.2) is 0 Å². The van der Waals surface area contributed by atoms with E-state index < -0.39 is 0 Å². The van der Waals surface area contributed by atoms with Gasteiger partial charge in [-0.15, -0.1) is 0 Å². The predicted octanol–water partition coefficient (Wildman–Crippen LogP) is 0.870. The fraction of sp³-hybridized carbons (Fsp3) is 0.364. The van der Waals surface area contributed by atoms with Crippen LogP contribution in [0.25, 0.3) is 0 Å². The molecule has 0 aliphatic heterocycles. The van der Waals surface area contributed by atoms with Crippen molar-refractivity contribution in [3.8, 4) is 0 Å². The fourth-order valence-electron chi connectivity index (χ4n) is 1.08. The van der Waals surface area contributed by atoms with E-state index in [1.807, 2.05) is 24.3 Å². The molecule has 0 unspecified atom stereocenters. The number of benzene rings is 1. The molecule has 0 aliphatic carbocycles. The molecule has 0 atom stereocenters. The summed E-state index contributed by atoms with van der Waals surface area (Å²) in [6.45, 7) is 1.06. The minimum Gasteiger partial charge on any atom is -0.467 e. The van der Waals surface area contributed by atoms with Gasteiger partial charge in [-0.1, -0.05) is 0 Å². The molecular formula is C11H16N2O3. The Bertz CT molecular complexity index is 325. The summed E-state index contributed by atoms with van der Waals surface area (Å²) < 4.78 is 9.50. The van der Waals surface area contributed by atoms with Crippen molar-refractivity contribution in [2.75, 3.05) is 37.9 Å². The van der Waals surface area contributed by atoms with Crippen molar-refractivity contribution in [1.29, 1.82) is 0 Å². The molecule has 16 heavy (non-hydrogen) atoms. The van der Waals surface area contributed by atoms with E-state index in [0.29, 0.717) is 13.2 Å². The first-order valence-corrected chi connectivity index (χ1v) is 4.96. The number of esters is 1. The zero-order chi connectivity index (χ0) is 11.8. The summed E-state index contributed by atoms with van der Waals surface area (Å²) in [6, 6.07) is 7.40. The summed E-state index contributed by atoms with van der Waals surface area (Å²) in [4.78, 5) is 10.7. The van der Waals surface area contributed by atoms with Gasteiger partial charge in [0.2, 0.25) is 0 Å². The monoisotopic (exact) mass is 224 g/mol. The maximum atomic E-state index is 10.7. The summed E-state index contributed by atoms with van der Waals surface area (Å²) >= 11 is 0. The smallest absolute Gasteiger partial charge is 0.331 e. The van der Waals surface area contributed by atoms with E-state index in [2.05, 4.69) is 10.1 Å². The van der Waals surface area contributed by atoms with Gasteiger partial charge >= 0.3 is 5.97 Å². The van der Waals surface area contributed by atoms with Crippen molar-refractivity contribution < 1.29 is 14.3 Å². The highest BCUT2D eigenvalue weighted by atomic mass is 16.6. The molecule has 5 nitrogen and oxygen atoms in total. The molecule has 0 heterocycles. The van der Waals surface area contributed by atoms with Crippen LogP contribution in [0.3, 0.4) is 0 Å². The molecule has 1 aromatic rings. The van der Waals surface area contributed by atoms with Crippen molar-refractivity contribution >= 4 is 17.3 Å². The van der Waals surface area contributed by atoms with Crippen molar-refractivity contribution in [1.82, 2.24) is 0 Å². The second-order valence-electron chi connectivity index (χ2n) is 3.18. The second-order valence-corrected chi connectivity index (χ2v) is 3.18. The van der Waals surface area contributed by atoms with Crippen LogP contribution in [0.5, 0.6) is 0 Å². The summed E-state index contributed by atoms with van der Waals surface area (Å²) in [6.07, 6.45) is 0. The van der Waals surface area contributed by atoms with E-state index in [0.717, 1.165) is 11.4 Å². The van der Waals surface area contributed by atoms with Gasteiger partial charge in [-0.3, -0.25) is 0 Å². The van der Waals surface area contributed by atoms with E-state index >= 15 is 0 Å². The lowest BCUT2D eigenvalue weighted by molar-refractivity contribution is -0.145. The molecule has 1 rings (SSSR count). The number of nitrogens with one attached hydrogen (secondary N) is 1. The number of hydrogen-bond donors (Lipinski definition) is 2. The molecule has 88 valence electrons. The third-order valence-electron chi connectivity index (χ3n) is 1.93. The number of carbonyl (C=O) groups excluding carboxylic acids is 1. The zero-order valence-electron chi connectivity index (χ0n) is 9.23. The Hall–Kier alpha value is -1.75. The first-order chi connectivity index (χ1) is 7.72. The number of hydrogen-bond acceptors (Lipinski definition) is 5. The molecular weight excluding hydrogens is 208 g/mol. The van der Waals surface area contributed by atoms with Crippen LogP contribution in [0.15, 0.2) is 24.3 Å². The number of nitrogens with two attached hydrogens (primary N) is 1. The van der Waals surface area contributed by atoms with Gasteiger partial charge in [0.25, 0.3) is 0 Å². The Morgan fingerprint density at radius 1 is 1.38 bits per heavy atom. The normalized spacial score (nSPS) is 9.81. The Kier molecular flexibility index (Phi) is 5.15. The molecule has 0 radical (unpaired) electrons. The molecule has 5 heteroatoms. The summed E-state index contributed by atoms with van der Waals surface area (Å²) in [5.74, 6) is -0.368. The number of anilines is 2. The van der Waals surface area contributed by atoms with Gasteiger partial charge in [-0.05, 0) is 24.3 Å². The molecule has 0 spiro atoms. The van der Waals surface area contributed by atoms with Crippen LogP contribution in [-0.2, 0) is 14.3 Å². The number of rotatable bonds is 6. The van der Waals surface area contributed by atoms with Crippen molar-refractivity contribution in [2.45, 2.75) is 0 Å². The Balaban J connectivity index is 2.11. The van der Waals surface area contributed by atoms with Gasteiger partial charge in [0.05, 0.1) is 13.7 Å². The lowest BCUT2D eigenvalue weighted by Gasteiger charge is -2.06. The lowest BCUT2D eigenvalue weighted by atomic mass is 10.3. The average molecular weight is 224 g/mol. The molecule has 1 aromatic carbocycles. The van der Waals surface area contributed by atoms with Gasteiger partial charge in [0, 0.05) is 17.9 Å². The highest BCUT2D eigenvalue weighted by Gasteiger charge is 1.98. The summed E-state index contributed by atoms with van der Waals surface area (Å²) in [5.41, 5.74) is 7.25. The van der Waals surface area contributed by atoms with Crippen LogP contribution in [0.2, 0.25) is 0 Å². The SMILES string of the molecule is COC(=O)COCCNc1ccc(N)cc1. The van der Waals surface area contributed by atoms with Crippen LogP contribution in [0, 0.1) is 0 Å². The molecule has 0 fully saturated rings. The molecule has 0 aromatic heterocycles. The lowest BCUT2D eigenvalue weighted by Crippen LogP contribution is -2.15. The fourth-order valence-corrected chi connectivity index (χ4v) is 1.08. The zero-order valence-corrected chi connectivity index (χ0v) is 9.23. The highest BCUT2D eigenvalue weighted by molar-refractivity contribution is 5.70. The largest absolute Gasteiger partial charge is 0.467 e. The van der Waals surface area contributed by atoms with Crippen LogP contribution in [-0.4, -0.2) is 32.8 Å². The van der Waals surface area contributed by atoms with E-state index in [1.165, 1.54) is 7.11 Å². The van der Waals surface area contributed by atoms with Gasteiger partial charge in [0.1, 0.15) is 6.61 Å². The molecule has 0 amide bonds. The van der Waals surface area contributed by atoms with Gasteiger partial charge < -0.3 is 20.5 Å². The summed E-state index contributed by atoms with van der Waals surface area (Å²) in [5, 5.41) is 3.13. The Morgan fingerprint density at radius 3 is 2.69 bits per heavy atom. The molecule has 0 aliphatic rings. The molecule has 0 saturated heterocycles. The number of methoxy groups -OCH3 is 1. The van der Waals surface area contributed by atoms with Gasteiger partial charge in [-0.2, -0.15) is 0 Å². The highest BCUT2D eigenvalue weighted by Crippen LogP contribution is 2.09. The van der Waals surface area contributed by atoms with E-state index in [4.69, 9.17) is 10.5 Å². The number of nitrogen functional groups attached to an aromatic ring is 1. The third kappa shape index (κ3) is 4.65. The molecule has 0 saturated carbocycles. The summed E-state index contributed by atoms with van der Waals surface area (Å²) in [7, 11) is 1.33. The minimum atomic E-state index is -0.368. The Labute approximate surface area is 94.5 Å². The topological polar surface area (TPSA) is 73.6 Å². The van der Waals surface area contributed by atoms with Crippen molar-refractivity contribution in [2.24, 2.45) is 0 Å². The standard InChI is InChI=1S/C11H16N2O3/c1-15-11(14)8-16-7-6-13-10-4-2-9(12)3-5-10/h2-5,13H,6-8,12H2,1H3. The first-order valence-electron chi connectivity index (χ1n) is 4.96. The van der Waals surface area contributed by atoms with Gasteiger partial charge in [-0.25, -0.2) is 4.79 Å². The average Bonchev–Trinajstić information content (AvgIpc) is 2.31. The molecule has 3 N–H and O–H groups in total. The Morgan fingerprint density at radius 2 is 2.06 bits per heavy atom.